The second kappa shape index (κ2) is 6.65. The molecule has 2 aliphatic rings. The van der Waals surface area contributed by atoms with Gasteiger partial charge in [-0.1, -0.05) is 0 Å². The quantitative estimate of drug-likeness (QED) is 0.769. The molecule has 0 aromatic heterocycles. The zero-order valence-electron chi connectivity index (χ0n) is 13.7. The van der Waals surface area contributed by atoms with E-state index in [0.29, 0.717) is 12.4 Å². The van der Waals surface area contributed by atoms with Gasteiger partial charge in [0.15, 0.2) is 19.7 Å². The van der Waals surface area contributed by atoms with E-state index in [2.05, 4.69) is 0 Å². The van der Waals surface area contributed by atoms with Crippen molar-refractivity contribution in [2.45, 2.75) is 36.0 Å². The molecule has 0 saturated carbocycles. The average molecular weight is 373 g/mol. The standard InChI is InChI=1S/C16H23NO5S2/c1-2-22-13-5-7-14(8-6-13)24(20,21)16-12-23(18,19)11-15(16)17-9-3-4-10-17/h5-8,15-16H,2-4,9-12H2,1H3/t15-,16-/m1/s1. The maximum absolute atomic E-state index is 13.0. The Labute approximate surface area is 143 Å². The molecule has 2 saturated heterocycles. The highest BCUT2D eigenvalue weighted by Gasteiger charge is 2.48. The van der Waals surface area contributed by atoms with Crippen molar-refractivity contribution >= 4 is 19.7 Å². The molecule has 2 atom stereocenters. The lowest BCUT2D eigenvalue weighted by atomic mass is 10.2. The molecule has 2 heterocycles. The first kappa shape index (κ1) is 17.7. The molecular weight excluding hydrogens is 350 g/mol. The van der Waals surface area contributed by atoms with E-state index < -0.39 is 31.0 Å². The van der Waals surface area contributed by atoms with Crippen molar-refractivity contribution in [3.63, 3.8) is 0 Å². The van der Waals surface area contributed by atoms with Gasteiger partial charge >= 0.3 is 0 Å². The van der Waals surface area contributed by atoms with Crippen LogP contribution in [0.4, 0.5) is 0 Å². The molecule has 0 unspecified atom stereocenters. The predicted octanol–water partition coefficient (Wildman–Crippen LogP) is 1.12. The number of rotatable bonds is 5. The summed E-state index contributed by atoms with van der Waals surface area (Å²) in [5.74, 6) is 0.254. The van der Waals surface area contributed by atoms with E-state index in [4.69, 9.17) is 4.74 Å². The fourth-order valence-electron chi connectivity index (χ4n) is 3.57. The van der Waals surface area contributed by atoms with Crippen molar-refractivity contribution in [3.05, 3.63) is 24.3 Å². The summed E-state index contributed by atoms with van der Waals surface area (Å²) in [4.78, 5) is 2.19. The Balaban J connectivity index is 1.91. The van der Waals surface area contributed by atoms with Crippen LogP contribution in [0.15, 0.2) is 29.2 Å². The lowest BCUT2D eigenvalue weighted by Crippen LogP contribution is -2.45. The van der Waals surface area contributed by atoms with E-state index in [1.165, 1.54) is 12.1 Å². The molecule has 24 heavy (non-hydrogen) atoms. The van der Waals surface area contributed by atoms with E-state index in [9.17, 15) is 16.8 Å². The van der Waals surface area contributed by atoms with Crippen LogP contribution < -0.4 is 4.74 Å². The molecule has 1 aromatic carbocycles. The Morgan fingerprint density at radius 1 is 1.12 bits per heavy atom. The largest absolute Gasteiger partial charge is 0.494 e. The third-order valence-electron chi connectivity index (χ3n) is 4.74. The lowest BCUT2D eigenvalue weighted by molar-refractivity contribution is 0.264. The topological polar surface area (TPSA) is 80.8 Å². The lowest BCUT2D eigenvalue weighted by Gasteiger charge is -2.27. The Hall–Kier alpha value is -1.12. The van der Waals surface area contributed by atoms with Crippen LogP contribution in [0.25, 0.3) is 0 Å². The molecule has 3 rings (SSSR count). The minimum atomic E-state index is -3.70. The maximum atomic E-state index is 13.0. The van der Waals surface area contributed by atoms with Crippen LogP contribution in [0.2, 0.25) is 0 Å². The summed E-state index contributed by atoms with van der Waals surface area (Å²) in [5, 5.41) is -0.890. The summed E-state index contributed by atoms with van der Waals surface area (Å²) in [6, 6.07) is 5.81. The van der Waals surface area contributed by atoms with Crippen LogP contribution in [-0.4, -0.2) is 64.2 Å². The summed E-state index contributed by atoms with van der Waals surface area (Å²) < 4.78 is 55.6. The van der Waals surface area contributed by atoms with Gasteiger partial charge < -0.3 is 4.74 Å². The van der Waals surface area contributed by atoms with Gasteiger partial charge in [0.2, 0.25) is 0 Å². The van der Waals surface area contributed by atoms with Crippen LogP contribution in [0.5, 0.6) is 5.75 Å². The SMILES string of the molecule is CCOc1ccc(S(=O)(=O)[C@@H]2CS(=O)(=O)C[C@H]2N2CCCC2)cc1. The molecule has 0 amide bonds. The van der Waals surface area contributed by atoms with Crippen molar-refractivity contribution in [2.24, 2.45) is 0 Å². The van der Waals surface area contributed by atoms with Crippen molar-refractivity contribution in [1.82, 2.24) is 4.90 Å². The Morgan fingerprint density at radius 3 is 2.33 bits per heavy atom. The molecule has 0 spiro atoms. The first-order valence-corrected chi connectivity index (χ1v) is 11.6. The maximum Gasteiger partial charge on any atom is 0.183 e. The first-order valence-electron chi connectivity index (χ1n) is 8.25. The second-order valence-electron chi connectivity index (χ2n) is 6.38. The Morgan fingerprint density at radius 2 is 1.75 bits per heavy atom. The van der Waals surface area contributed by atoms with Gasteiger partial charge in [-0.2, -0.15) is 0 Å². The summed E-state index contributed by atoms with van der Waals surface area (Å²) in [6.45, 7) is 3.91. The highest BCUT2D eigenvalue weighted by atomic mass is 32.2. The van der Waals surface area contributed by atoms with Gasteiger partial charge in [0.1, 0.15) is 5.75 Å². The Kier molecular flexibility index (Phi) is 4.90. The summed E-state index contributed by atoms with van der Waals surface area (Å²) >= 11 is 0. The van der Waals surface area contributed by atoms with Gasteiger partial charge in [-0.15, -0.1) is 0 Å². The van der Waals surface area contributed by atoms with Gasteiger partial charge in [-0.05, 0) is 57.1 Å². The molecule has 1 aromatic rings. The van der Waals surface area contributed by atoms with Gasteiger partial charge in [0.05, 0.1) is 28.3 Å². The van der Waals surface area contributed by atoms with Gasteiger partial charge in [-0.3, -0.25) is 4.90 Å². The number of hydrogen-bond donors (Lipinski definition) is 0. The molecule has 2 aliphatic heterocycles. The normalized spacial score (nSPS) is 27.4. The zero-order valence-corrected chi connectivity index (χ0v) is 15.4. The van der Waals surface area contributed by atoms with Crippen LogP contribution in [0, 0.1) is 0 Å². The first-order chi connectivity index (χ1) is 11.3. The monoisotopic (exact) mass is 373 g/mol. The number of ether oxygens (including phenoxy) is 1. The summed E-state index contributed by atoms with van der Waals surface area (Å²) in [5.41, 5.74) is 0. The van der Waals surface area contributed by atoms with E-state index in [0.717, 1.165) is 25.9 Å². The highest BCUT2D eigenvalue weighted by molar-refractivity contribution is 7.96. The van der Waals surface area contributed by atoms with Crippen molar-refractivity contribution in [1.29, 1.82) is 0 Å². The van der Waals surface area contributed by atoms with E-state index >= 15 is 0 Å². The number of hydrogen-bond acceptors (Lipinski definition) is 6. The smallest absolute Gasteiger partial charge is 0.183 e. The van der Waals surface area contributed by atoms with Gasteiger partial charge in [-0.25, -0.2) is 16.8 Å². The minimum absolute atomic E-state index is 0.0616. The number of benzene rings is 1. The molecule has 2 fully saturated rings. The second-order valence-corrected chi connectivity index (χ2v) is 10.7. The van der Waals surface area contributed by atoms with E-state index in [-0.39, 0.29) is 16.4 Å². The highest BCUT2D eigenvalue weighted by Crippen LogP contribution is 2.31. The van der Waals surface area contributed by atoms with E-state index in [1.54, 1.807) is 12.1 Å². The molecule has 6 nitrogen and oxygen atoms in total. The van der Waals surface area contributed by atoms with Crippen molar-refractivity contribution in [3.8, 4) is 5.75 Å². The zero-order chi connectivity index (χ0) is 17.4. The average Bonchev–Trinajstić information content (AvgIpc) is 3.15. The third kappa shape index (κ3) is 3.45. The number of likely N-dealkylation sites (tertiary alicyclic amines) is 1. The molecule has 0 radical (unpaired) electrons. The van der Waals surface area contributed by atoms with Crippen LogP contribution >= 0.6 is 0 Å². The minimum Gasteiger partial charge on any atom is -0.494 e. The molecule has 0 N–H and O–H groups in total. The summed E-state index contributed by atoms with van der Waals surface area (Å²) in [7, 11) is -7.04. The van der Waals surface area contributed by atoms with Gasteiger partial charge in [0, 0.05) is 6.04 Å². The van der Waals surface area contributed by atoms with Crippen molar-refractivity contribution < 1.29 is 21.6 Å². The number of sulfone groups is 2. The Bertz CT molecular complexity index is 780. The van der Waals surface area contributed by atoms with E-state index in [1.807, 2.05) is 11.8 Å². The van der Waals surface area contributed by atoms with Crippen LogP contribution in [0.3, 0.4) is 0 Å². The molecule has 134 valence electrons. The fraction of sp³-hybridized carbons (Fsp3) is 0.625. The molecule has 8 heteroatoms. The molecule has 0 aliphatic carbocycles. The summed E-state index contributed by atoms with van der Waals surface area (Å²) in [6.07, 6.45) is 1.98. The van der Waals surface area contributed by atoms with Crippen LogP contribution in [0.1, 0.15) is 19.8 Å². The van der Waals surface area contributed by atoms with Crippen LogP contribution in [-0.2, 0) is 19.7 Å². The predicted molar refractivity (Wildman–Crippen MR) is 91.8 cm³/mol. The van der Waals surface area contributed by atoms with Gasteiger partial charge in [0.25, 0.3) is 0 Å². The number of nitrogens with zero attached hydrogens (tertiary/aromatic N) is 1. The fourth-order valence-corrected chi connectivity index (χ4v) is 8.40. The third-order valence-corrected chi connectivity index (χ3v) is 8.88. The molecule has 0 bridgehead atoms. The molecular formula is C16H23NO5S2. The van der Waals surface area contributed by atoms with Crippen molar-refractivity contribution in [2.75, 3.05) is 31.2 Å².